The number of benzene rings is 1. The SMILES string of the molecule is CCCCC(=NOC)OCc1ccc(OC)cc1. The minimum atomic E-state index is 0.496. The lowest BCUT2D eigenvalue weighted by atomic mass is 10.2. The molecule has 0 radical (unpaired) electrons. The Hall–Kier alpha value is -1.71. The maximum Gasteiger partial charge on any atom is 0.225 e. The van der Waals surface area contributed by atoms with Crippen LogP contribution in [0.3, 0.4) is 0 Å². The van der Waals surface area contributed by atoms with Gasteiger partial charge in [-0.3, -0.25) is 0 Å². The van der Waals surface area contributed by atoms with Crippen molar-refractivity contribution in [1.82, 2.24) is 0 Å². The molecule has 1 aromatic carbocycles. The maximum absolute atomic E-state index is 5.63. The van der Waals surface area contributed by atoms with Gasteiger partial charge in [0.05, 0.1) is 7.11 Å². The molecule has 0 saturated carbocycles. The monoisotopic (exact) mass is 251 g/mol. The van der Waals surface area contributed by atoms with Crippen LogP contribution in [0.4, 0.5) is 0 Å². The molecule has 1 rings (SSSR count). The van der Waals surface area contributed by atoms with E-state index in [4.69, 9.17) is 14.3 Å². The van der Waals surface area contributed by atoms with Crippen molar-refractivity contribution in [2.75, 3.05) is 14.2 Å². The van der Waals surface area contributed by atoms with E-state index in [9.17, 15) is 0 Å². The van der Waals surface area contributed by atoms with Crippen LogP contribution in [0.25, 0.3) is 0 Å². The van der Waals surface area contributed by atoms with Crippen LogP contribution >= 0.6 is 0 Å². The van der Waals surface area contributed by atoms with Crippen molar-refractivity contribution in [3.8, 4) is 5.75 Å². The quantitative estimate of drug-likeness (QED) is 0.424. The van der Waals surface area contributed by atoms with Crippen molar-refractivity contribution < 1.29 is 14.3 Å². The van der Waals surface area contributed by atoms with Gasteiger partial charge in [-0.1, -0.05) is 30.6 Å². The Bertz CT molecular complexity index is 360. The second kappa shape index (κ2) is 8.39. The molecule has 0 N–H and O–H groups in total. The number of nitrogens with zero attached hydrogens (tertiary/aromatic N) is 1. The molecule has 0 heterocycles. The van der Waals surface area contributed by atoms with Gasteiger partial charge in [-0.2, -0.15) is 0 Å². The van der Waals surface area contributed by atoms with Crippen LogP contribution in [0.2, 0.25) is 0 Å². The van der Waals surface area contributed by atoms with Crippen LogP contribution in [-0.4, -0.2) is 20.1 Å². The largest absolute Gasteiger partial charge is 0.497 e. The molecule has 0 aliphatic heterocycles. The lowest BCUT2D eigenvalue weighted by molar-refractivity contribution is 0.184. The van der Waals surface area contributed by atoms with E-state index in [0.717, 1.165) is 30.6 Å². The van der Waals surface area contributed by atoms with E-state index in [2.05, 4.69) is 12.1 Å². The summed E-state index contributed by atoms with van der Waals surface area (Å²) in [6, 6.07) is 7.78. The number of ether oxygens (including phenoxy) is 2. The van der Waals surface area contributed by atoms with Crippen molar-refractivity contribution in [1.29, 1.82) is 0 Å². The normalized spacial score (nSPS) is 11.2. The molecule has 18 heavy (non-hydrogen) atoms. The van der Waals surface area contributed by atoms with Crippen LogP contribution in [0.1, 0.15) is 31.7 Å². The Labute approximate surface area is 109 Å². The third kappa shape index (κ3) is 5.08. The third-order valence-electron chi connectivity index (χ3n) is 2.50. The Morgan fingerprint density at radius 3 is 2.44 bits per heavy atom. The van der Waals surface area contributed by atoms with Crippen molar-refractivity contribution in [3.05, 3.63) is 29.8 Å². The highest BCUT2D eigenvalue weighted by molar-refractivity contribution is 5.75. The van der Waals surface area contributed by atoms with Crippen LogP contribution in [0.15, 0.2) is 29.4 Å². The van der Waals surface area contributed by atoms with Gasteiger partial charge in [0, 0.05) is 6.42 Å². The number of hydrogen-bond acceptors (Lipinski definition) is 4. The van der Waals surface area contributed by atoms with Crippen LogP contribution in [-0.2, 0) is 16.2 Å². The van der Waals surface area contributed by atoms with Crippen molar-refractivity contribution in [2.45, 2.75) is 32.8 Å². The summed E-state index contributed by atoms with van der Waals surface area (Å²) in [6.45, 7) is 2.63. The zero-order valence-electron chi connectivity index (χ0n) is 11.3. The Morgan fingerprint density at radius 2 is 1.89 bits per heavy atom. The van der Waals surface area contributed by atoms with Crippen molar-refractivity contribution in [2.24, 2.45) is 5.16 Å². The molecule has 0 spiro atoms. The molecule has 0 amide bonds. The first kappa shape index (κ1) is 14.4. The Balaban J connectivity index is 2.47. The third-order valence-corrected chi connectivity index (χ3v) is 2.50. The first-order chi connectivity index (χ1) is 8.80. The van der Waals surface area contributed by atoms with Crippen LogP contribution in [0.5, 0.6) is 5.75 Å². The van der Waals surface area contributed by atoms with Gasteiger partial charge in [-0.05, 0) is 24.1 Å². The van der Waals surface area contributed by atoms with E-state index < -0.39 is 0 Å². The molecular weight excluding hydrogens is 230 g/mol. The summed E-state index contributed by atoms with van der Waals surface area (Å²) >= 11 is 0. The summed E-state index contributed by atoms with van der Waals surface area (Å²) in [5, 5.41) is 3.88. The van der Waals surface area contributed by atoms with Crippen molar-refractivity contribution >= 4 is 5.90 Å². The smallest absolute Gasteiger partial charge is 0.225 e. The molecule has 0 aliphatic rings. The van der Waals surface area contributed by atoms with E-state index in [0.29, 0.717) is 12.5 Å². The number of oxime groups is 1. The van der Waals surface area contributed by atoms with Crippen molar-refractivity contribution in [3.63, 3.8) is 0 Å². The number of rotatable bonds is 7. The van der Waals surface area contributed by atoms with Gasteiger partial charge < -0.3 is 14.3 Å². The molecule has 100 valence electrons. The zero-order valence-corrected chi connectivity index (χ0v) is 11.3. The van der Waals surface area contributed by atoms with Gasteiger partial charge in [-0.15, -0.1) is 0 Å². The molecule has 4 heteroatoms. The fourth-order valence-electron chi connectivity index (χ4n) is 1.46. The first-order valence-corrected chi connectivity index (χ1v) is 6.16. The molecule has 1 aromatic rings. The second-order valence-electron chi connectivity index (χ2n) is 3.91. The van der Waals surface area contributed by atoms with Gasteiger partial charge in [0.2, 0.25) is 5.90 Å². The predicted molar refractivity (Wildman–Crippen MR) is 71.8 cm³/mol. The summed E-state index contributed by atoms with van der Waals surface area (Å²) in [6.07, 6.45) is 2.96. The lowest BCUT2D eigenvalue weighted by Crippen LogP contribution is -2.05. The molecule has 0 atom stereocenters. The van der Waals surface area contributed by atoms with Gasteiger partial charge in [-0.25, -0.2) is 0 Å². The standard InChI is InChI=1S/C14H21NO3/c1-4-5-6-14(15-17-3)18-11-12-7-9-13(16-2)10-8-12/h7-10H,4-6,11H2,1-3H3. The van der Waals surface area contributed by atoms with Crippen LogP contribution < -0.4 is 4.74 Å². The highest BCUT2D eigenvalue weighted by Crippen LogP contribution is 2.12. The summed E-state index contributed by atoms with van der Waals surface area (Å²) < 4.78 is 10.7. The number of unbranched alkanes of at least 4 members (excludes halogenated alkanes) is 1. The minimum absolute atomic E-state index is 0.496. The molecular formula is C14H21NO3. The van der Waals surface area contributed by atoms with E-state index in [1.54, 1.807) is 7.11 Å². The second-order valence-corrected chi connectivity index (χ2v) is 3.91. The minimum Gasteiger partial charge on any atom is -0.497 e. The van der Waals surface area contributed by atoms with Gasteiger partial charge in [0.25, 0.3) is 0 Å². The van der Waals surface area contributed by atoms with Crippen LogP contribution in [0, 0.1) is 0 Å². The van der Waals surface area contributed by atoms with E-state index in [1.807, 2.05) is 24.3 Å². The van der Waals surface area contributed by atoms with E-state index >= 15 is 0 Å². The molecule has 4 nitrogen and oxygen atoms in total. The average molecular weight is 251 g/mol. The summed E-state index contributed by atoms with van der Waals surface area (Å²) in [7, 11) is 3.18. The zero-order chi connectivity index (χ0) is 13.2. The molecule has 0 bridgehead atoms. The summed E-state index contributed by atoms with van der Waals surface area (Å²) in [4.78, 5) is 4.77. The average Bonchev–Trinajstić information content (AvgIpc) is 2.42. The molecule has 0 fully saturated rings. The predicted octanol–water partition coefficient (Wildman–Crippen LogP) is 3.36. The fraction of sp³-hybridized carbons (Fsp3) is 0.500. The topological polar surface area (TPSA) is 40.0 Å². The molecule has 0 aromatic heterocycles. The highest BCUT2D eigenvalue weighted by atomic mass is 16.6. The molecule has 0 aliphatic carbocycles. The van der Waals surface area contributed by atoms with Gasteiger partial charge >= 0.3 is 0 Å². The fourth-order valence-corrected chi connectivity index (χ4v) is 1.46. The number of hydrogen-bond donors (Lipinski definition) is 0. The Morgan fingerprint density at radius 1 is 1.17 bits per heavy atom. The van der Waals surface area contributed by atoms with E-state index in [1.165, 1.54) is 7.11 Å². The first-order valence-electron chi connectivity index (χ1n) is 6.16. The van der Waals surface area contributed by atoms with Gasteiger partial charge in [0.1, 0.15) is 19.5 Å². The summed E-state index contributed by atoms with van der Waals surface area (Å²) in [5.74, 6) is 1.49. The molecule has 0 saturated heterocycles. The van der Waals surface area contributed by atoms with Gasteiger partial charge in [0.15, 0.2) is 0 Å². The molecule has 0 unspecified atom stereocenters. The highest BCUT2D eigenvalue weighted by Gasteiger charge is 2.02. The maximum atomic E-state index is 5.63. The lowest BCUT2D eigenvalue weighted by Gasteiger charge is -2.08. The number of methoxy groups -OCH3 is 1. The Kier molecular flexibility index (Phi) is 6.69. The summed E-state index contributed by atoms with van der Waals surface area (Å²) in [5.41, 5.74) is 1.08. The van der Waals surface area contributed by atoms with E-state index in [-0.39, 0.29) is 0 Å².